The van der Waals surface area contributed by atoms with E-state index < -0.39 is 0 Å². The van der Waals surface area contributed by atoms with Gasteiger partial charge in [-0.05, 0) is 38.8 Å². The predicted octanol–water partition coefficient (Wildman–Crippen LogP) is 4.61. The van der Waals surface area contributed by atoms with Gasteiger partial charge in [0, 0.05) is 6.04 Å². The van der Waals surface area contributed by atoms with Crippen LogP contribution in [-0.4, -0.2) is 24.0 Å². The van der Waals surface area contributed by atoms with Crippen LogP contribution in [-0.2, 0) is 0 Å². The van der Waals surface area contributed by atoms with Crippen LogP contribution in [0.3, 0.4) is 0 Å². The van der Waals surface area contributed by atoms with Crippen molar-refractivity contribution in [2.75, 3.05) is 13.1 Å². The van der Waals surface area contributed by atoms with E-state index in [9.17, 15) is 0 Å². The molecule has 1 rings (SSSR count). The lowest BCUT2D eigenvalue weighted by atomic mass is 10.1. The number of rotatable bonds is 9. The minimum atomic E-state index is 0.938. The zero-order valence-corrected chi connectivity index (χ0v) is 11.5. The molecule has 16 heavy (non-hydrogen) atoms. The van der Waals surface area contributed by atoms with Crippen LogP contribution in [0.2, 0.25) is 0 Å². The van der Waals surface area contributed by atoms with E-state index in [2.05, 4.69) is 18.7 Å². The minimum Gasteiger partial charge on any atom is -0.300 e. The van der Waals surface area contributed by atoms with E-state index >= 15 is 0 Å². The third kappa shape index (κ3) is 5.34. The standard InChI is InChI=1S/C15H31N/c1-3-5-7-9-13-16-14-10-12-15(16)11-8-6-4-2/h15H,3-14H2,1-2H3. The molecule has 0 aliphatic carbocycles. The van der Waals surface area contributed by atoms with Gasteiger partial charge < -0.3 is 4.90 Å². The van der Waals surface area contributed by atoms with Crippen LogP contribution in [0.5, 0.6) is 0 Å². The predicted molar refractivity (Wildman–Crippen MR) is 72.9 cm³/mol. The topological polar surface area (TPSA) is 3.24 Å². The molecule has 1 atom stereocenters. The zero-order chi connectivity index (χ0) is 11.6. The van der Waals surface area contributed by atoms with Crippen molar-refractivity contribution in [1.29, 1.82) is 0 Å². The number of nitrogens with zero attached hydrogens (tertiary/aromatic N) is 1. The molecule has 1 heterocycles. The van der Waals surface area contributed by atoms with Gasteiger partial charge >= 0.3 is 0 Å². The SMILES string of the molecule is CCCCCCN1CCCC1CCCCC. The maximum Gasteiger partial charge on any atom is 0.00957 e. The fraction of sp³-hybridized carbons (Fsp3) is 1.00. The molecule has 1 saturated heterocycles. The Hall–Kier alpha value is -0.0400. The summed E-state index contributed by atoms with van der Waals surface area (Å²) in [6.45, 7) is 7.35. The molecule has 0 radical (unpaired) electrons. The van der Waals surface area contributed by atoms with Gasteiger partial charge in [-0.25, -0.2) is 0 Å². The molecule has 0 aromatic carbocycles. The Morgan fingerprint density at radius 2 is 1.69 bits per heavy atom. The van der Waals surface area contributed by atoms with Crippen molar-refractivity contribution < 1.29 is 0 Å². The van der Waals surface area contributed by atoms with Crippen molar-refractivity contribution >= 4 is 0 Å². The summed E-state index contributed by atoms with van der Waals surface area (Å²) < 4.78 is 0. The second-order valence-corrected chi connectivity index (χ2v) is 5.39. The second-order valence-electron chi connectivity index (χ2n) is 5.39. The Kier molecular flexibility index (Phi) is 7.92. The normalized spacial score (nSPS) is 21.8. The van der Waals surface area contributed by atoms with Crippen LogP contribution in [0.15, 0.2) is 0 Å². The fourth-order valence-corrected chi connectivity index (χ4v) is 2.89. The Morgan fingerprint density at radius 3 is 2.44 bits per heavy atom. The zero-order valence-electron chi connectivity index (χ0n) is 11.5. The summed E-state index contributed by atoms with van der Waals surface area (Å²) in [5.74, 6) is 0. The first-order valence-electron chi connectivity index (χ1n) is 7.62. The third-order valence-corrected chi connectivity index (χ3v) is 3.94. The molecule has 96 valence electrons. The lowest BCUT2D eigenvalue weighted by molar-refractivity contribution is 0.233. The summed E-state index contributed by atoms with van der Waals surface area (Å²) in [5, 5.41) is 0. The van der Waals surface area contributed by atoms with Gasteiger partial charge in [0.15, 0.2) is 0 Å². The van der Waals surface area contributed by atoms with E-state index in [4.69, 9.17) is 0 Å². The maximum atomic E-state index is 2.77. The van der Waals surface area contributed by atoms with Gasteiger partial charge in [-0.1, -0.05) is 52.4 Å². The number of likely N-dealkylation sites (tertiary alicyclic amines) is 1. The van der Waals surface area contributed by atoms with Gasteiger partial charge in [0.05, 0.1) is 0 Å². The van der Waals surface area contributed by atoms with E-state index in [1.54, 1.807) is 0 Å². The molecule has 0 N–H and O–H groups in total. The van der Waals surface area contributed by atoms with E-state index in [1.165, 1.54) is 77.3 Å². The highest BCUT2D eigenvalue weighted by Crippen LogP contribution is 2.22. The van der Waals surface area contributed by atoms with Crippen LogP contribution in [0.25, 0.3) is 0 Å². The maximum absolute atomic E-state index is 2.77. The molecule has 0 bridgehead atoms. The lowest BCUT2D eigenvalue weighted by Crippen LogP contribution is -2.30. The fourth-order valence-electron chi connectivity index (χ4n) is 2.89. The largest absolute Gasteiger partial charge is 0.300 e. The number of hydrogen-bond acceptors (Lipinski definition) is 1. The Bertz CT molecular complexity index is 156. The van der Waals surface area contributed by atoms with Crippen LogP contribution in [0.4, 0.5) is 0 Å². The van der Waals surface area contributed by atoms with E-state index in [1.807, 2.05) is 0 Å². The van der Waals surface area contributed by atoms with E-state index in [0.29, 0.717) is 0 Å². The number of hydrogen-bond donors (Lipinski definition) is 0. The van der Waals surface area contributed by atoms with Crippen molar-refractivity contribution in [3.63, 3.8) is 0 Å². The van der Waals surface area contributed by atoms with Gasteiger partial charge in [0.25, 0.3) is 0 Å². The molecule has 1 heteroatoms. The molecular formula is C15H31N. The van der Waals surface area contributed by atoms with Crippen molar-refractivity contribution in [3.05, 3.63) is 0 Å². The molecule has 1 aliphatic heterocycles. The first-order valence-corrected chi connectivity index (χ1v) is 7.62. The molecule has 0 saturated carbocycles. The molecule has 1 nitrogen and oxygen atoms in total. The van der Waals surface area contributed by atoms with Gasteiger partial charge in [-0.2, -0.15) is 0 Å². The van der Waals surface area contributed by atoms with E-state index in [0.717, 1.165) is 6.04 Å². The average Bonchev–Trinajstić information content (AvgIpc) is 2.73. The van der Waals surface area contributed by atoms with Gasteiger partial charge in [0.1, 0.15) is 0 Å². The monoisotopic (exact) mass is 225 g/mol. The van der Waals surface area contributed by atoms with Gasteiger partial charge in [-0.3, -0.25) is 0 Å². The van der Waals surface area contributed by atoms with Gasteiger partial charge in [-0.15, -0.1) is 0 Å². The third-order valence-electron chi connectivity index (χ3n) is 3.94. The van der Waals surface area contributed by atoms with Crippen LogP contribution in [0.1, 0.15) is 78.1 Å². The molecule has 0 amide bonds. The quantitative estimate of drug-likeness (QED) is 0.518. The highest BCUT2D eigenvalue weighted by atomic mass is 15.2. The van der Waals surface area contributed by atoms with Crippen molar-refractivity contribution in [2.45, 2.75) is 84.1 Å². The summed E-state index contributed by atoms with van der Waals surface area (Å²) in [4.78, 5) is 2.77. The Morgan fingerprint density at radius 1 is 0.938 bits per heavy atom. The summed E-state index contributed by atoms with van der Waals surface area (Å²) in [7, 11) is 0. The molecule has 0 aromatic rings. The second kappa shape index (κ2) is 9.04. The highest BCUT2D eigenvalue weighted by molar-refractivity contribution is 4.78. The molecule has 1 aliphatic rings. The van der Waals surface area contributed by atoms with Crippen LogP contribution < -0.4 is 0 Å². The molecule has 0 aromatic heterocycles. The van der Waals surface area contributed by atoms with Crippen molar-refractivity contribution in [3.8, 4) is 0 Å². The smallest absolute Gasteiger partial charge is 0.00957 e. The lowest BCUT2D eigenvalue weighted by Gasteiger charge is -2.24. The Labute approximate surface area is 103 Å². The first-order chi connectivity index (χ1) is 7.88. The summed E-state index contributed by atoms with van der Waals surface area (Å²) in [6.07, 6.45) is 14.3. The van der Waals surface area contributed by atoms with Crippen LogP contribution >= 0.6 is 0 Å². The molecule has 1 fully saturated rings. The highest BCUT2D eigenvalue weighted by Gasteiger charge is 2.22. The molecule has 0 spiro atoms. The number of unbranched alkanes of at least 4 members (excludes halogenated alkanes) is 5. The Balaban J connectivity index is 2.08. The summed E-state index contributed by atoms with van der Waals surface area (Å²) in [5.41, 5.74) is 0. The summed E-state index contributed by atoms with van der Waals surface area (Å²) in [6, 6.07) is 0.938. The van der Waals surface area contributed by atoms with Gasteiger partial charge in [0.2, 0.25) is 0 Å². The summed E-state index contributed by atoms with van der Waals surface area (Å²) >= 11 is 0. The van der Waals surface area contributed by atoms with Crippen molar-refractivity contribution in [1.82, 2.24) is 4.90 Å². The minimum absolute atomic E-state index is 0.938. The molecule has 1 unspecified atom stereocenters. The molecular weight excluding hydrogens is 194 g/mol. The van der Waals surface area contributed by atoms with Crippen molar-refractivity contribution in [2.24, 2.45) is 0 Å². The van der Waals surface area contributed by atoms with E-state index in [-0.39, 0.29) is 0 Å². The first kappa shape index (κ1) is 14.0. The average molecular weight is 225 g/mol. The van der Waals surface area contributed by atoms with Crippen LogP contribution in [0, 0.1) is 0 Å².